The molecule has 0 atom stereocenters. The van der Waals surface area contributed by atoms with Gasteiger partial charge in [0.2, 0.25) is 0 Å². The number of hydrogen-bond donors (Lipinski definition) is 1. The molecule has 148 valence electrons. The molecule has 3 rings (SSSR count). The number of carbonyl (C=O) groups excluding carboxylic acids is 1. The van der Waals surface area contributed by atoms with Crippen molar-refractivity contribution >= 4 is 80.5 Å². The largest absolute Gasteiger partial charge is 0.488 e. The molecule has 0 aliphatic heterocycles. The molecular weight excluding hydrogens is 639 g/mol. The molecule has 0 aliphatic rings. The summed E-state index contributed by atoms with van der Waals surface area (Å²) in [5.41, 5.74) is 4.46. The van der Waals surface area contributed by atoms with Gasteiger partial charge in [0.15, 0.2) is 0 Å². The number of carbonyl (C=O) groups is 1. The maximum absolute atomic E-state index is 12.1. The van der Waals surface area contributed by atoms with Crippen molar-refractivity contribution in [3.63, 3.8) is 0 Å². The summed E-state index contributed by atoms with van der Waals surface area (Å²) in [5.74, 6) is 0.283. The summed E-state index contributed by atoms with van der Waals surface area (Å²) < 4.78 is 8.05. The van der Waals surface area contributed by atoms with Gasteiger partial charge in [0, 0.05) is 40.7 Å². The number of amides is 1. The van der Waals surface area contributed by atoms with Gasteiger partial charge in [-0.1, -0.05) is 29.3 Å². The number of nitrogens with one attached hydrogen (secondary N) is 1. The molecular formula is C20H13Cl2I2N3O2. The minimum absolute atomic E-state index is 0.273. The number of benzene rings is 2. The summed E-state index contributed by atoms with van der Waals surface area (Å²) in [6.07, 6.45) is 4.62. The zero-order chi connectivity index (χ0) is 20.8. The average molecular weight is 652 g/mol. The van der Waals surface area contributed by atoms with E-state index in [9.17, 15) is 4.79 Å². The van der Waals surface area contributed by atoms with E-state index >= 15 is 0 Å². The van der Waals surface area contributed by atoms with Gasteiger partial charge in [-0.3, -0.25) is 9.78 Å². The van der Waals surface area contributed by atoms with Crippen LogP contribution in [0.25, 0.3) is 0 Å². The molecule has 0 saturated carbocycles. The van der Waals surface area contributed by atoms with E-state index < -0.39 is 0 Å². The number of ether oxygens (including phenoxy) is 1. The number of hydrazone groups is 1. The van der Waals surface area contributed by atoms with E-state index in [0.29, 0.717) is 21.4 Å². The molecule has 2 aromatic carbocycles. The number of rotatable bonds is 6. The first kappa shape index (κ1) is 22.3. The van der Waals surface area contributed by atoms with Crippen LogP contribution in [0.4, 0.5) is 0 Å². The molecule has 0 spiro atoms. The fraction of sp³-hybridized carbons (Fsp3) is 0.0500. The Morgan fingerprint density at radius 1 is 1.17 bits per heavy atom. The Balaban J connectivity index is 1.75. The summed E-state index contributed by atoms with van der Waals surface area (Å²) in [7, 11) is 0. The topological polar surface area (TPSA) is 63.6 Å². The van der Waals surface area contributed by atoms with E-state index in [1.165, 1.54) is 6.20 Å². The summed E-state index contributed by atoms with van der Waals surface area (Å²) in [6.45, 7) is 0.273. The molecule has 1 aromatic heterocycles. The highest BCUT2D eigenvalue weighted by atomic mass is 127. The van der Waals surface area contributed by atoms with E-state index in [0.717, 1.165) is 18.3 Å². The Kier molecular flexibility index (Phi) is 8.10. The number of nitrogens with zero attached hydrogens (tertiary/aromatic N) is 2. The van der Waals surface area contributed by atoms with Crippen molar-refractivity contribution in [2.45, 2.75) is 6.61 Å². The highest BCUT2D eigenvalue weighted by molar-refractivity contribution is 14.1. The van der Waals surface area contributed by atoms with Crippen molar-refractivity contribution in [1.82, 2.24) is 10.4 Å². The van der Waals surface area contributed by atoms with Crippen LogP contribution in [-0.2, 0) is 6.61 Å². The van der Waals surface area contributed by atoms with Crippen molar-refractivity contribution < 1.29 is 9.53 Å². The Bertz CT molecular complexity index is 1060. The van der Waals surface area contributed by atoms with Crippen LogP contribution in [-0.4, -0.2) is 17.1 Å². The molecule has 5 nitrogen and oxygen atoms in total. The van der Waals surface area contributed by atoms with Crippen LogP contribution in [0.5, 0.6) is 5.75 Å². The average Bonchev–Trinajstić information content (AvgIpc) is 2.71. The molecule has 0 fully saturated rings. The van der Waals surface area contributed by atoms with Gasteiger partial charge in [0.25, 0.3) is 5.91 Å². The summed E-state index contributed by atoms with van der Waals surface area (Å²) in [5, 5.41) is 5.16. The lowest BCUT2D eigenvalue weighted by Gasteiger charge is -2.12. The molecule has 3 aromatic rings. The van der Waals surface area contributed by atoms with E-state index in [1.54, 1.807) is 36.7 Å². The number of halogens is 4. The van der Waals surface area contributed by atoms with Crippen LogP contribution in [0.3, 0.4) is 0 Å². The van der Waals surface area contributed by atoms with Crippen molar-refractivity contribution in [2.75, 3.05) is 0 Å². The fourth-order valence-corrected chi connectivity index (χ4v) is 3.68. The lowest BCUT2D eigenvalue weighted by molar-refractivity contribution is 0.0954. The first-order chi connectivity index (χ1) is 13.9. The van der Waals surface area contributed by atoms with Gasteiger partial charge in [-0.05, 0) is 81.6 Å². The highest BCUT2D eigenvalue weighted by Gasteiger charge is 2.10. The minimum atomic E-state index is -0.343. The van der Waals surface area contributed by atoms with Crippen molar-refractivity contribution in [2.24, 2.45) is 5.10 Å². The van der Waals surface area contributed by atoms with Gasteiger partial charge in [0.05, 0.1) is 11.8 Å². The normalized spacial score (nSPS) is 10.9. The fourth-order valence-electron chi connectivity index (χ4n) is 2.29. The zero-order valence-electron chi connectivity index (χ0n) is 14.7. The van der Waals surface area contributed by atoms with Crippen molar-refractivity contribution in [3.8, 4) is 5.75 Å². The SMILES string of the molecule is O=C(N/N=C\c1cc(I)c(I)cc1OCc1ccc(Cl)cc1Cl)c1cccnc1. The minimum Gasteiger partial charge on any atom is -0.488 e. The lowest BCUT2D eigenvalue weighted by atomic mass is 10.2. The maximum atomic E-state index is 12.1. The van der Waals surface area contributed by atoms with Crippen molar-refractivity contribution in [3.05, 3.63) is 88.7 Å². The summed E-state index contributed by atoms with van der Waals surface area (Å²) in [4.78, 5) is 16.0. The number of aromatic nitrogens is 1. The van der Waals surface area contributed by atoms with Gasteiger partial charge in [-0.2, -0.15) is 5.10 Å². The molecule has 0 bridgehead atoms. The first-order valence-electron chi connectivity index (χ1n) is 8.23. The Morgan fingerprint density at radius 3 is 2.69 bits per heavy atom. The first-order valence-corrected chi connectivity index (χ1v) is 11.1. The Hall–Kier alpha value is -1.43. The molecule has 0 aliphatic carbocycles. The third kappa shape index (κ3) is 6.27. The molecule has 1 heterocycles. The van der Waals surface area contributed by atoms with E-state index in [1.807, 2.05) is 18.2 Å². The monoisotopic (exact) mass is 651 g/mol. The van der Waals surface area contributed by atoms with Gasteiger partial charge >= 0.3 is 0 Å². The van der Waals surface area contributed by atoms with Crippen LogP contribution in [0, 0.1) is 7.14 Å². The molecule has 1 amide bonds. The summed E-state index contributed by atoms with van der Waals surface area (Å²) >= 11 is 16.6. The van der Waals surface area contributed by atoms with Gasteiger partial charge in [-0.25, -0.2) is 5.43 Å². The van der Waals surface area contributed by atoms with Gasteiger partial charge in [-0.15, -0.1) is 0 Å². The highest BCUT2D eigenvalue weighted by Crippen LogP contribution is 2.28. The molecule has 1 N–H and O–H groups in total. The quantitative estimate of drug-likeness (QED) is 0.204. The maximum Gasteiger partial charge on any atom is 0.272 e. The molecule has 9 heteroatoms. The van der Waals surface area contributed by atoms with Crippen LogP contribution in [0.15, 0.2) is 60.0 Å². The van der Waals surface area contributed by atoms with Gasteiger partial charge < -0.3 is 4.74 Å². The predicted molar refractivity (Wildman–Crippen MR) is 132 cm³/mol. The second-order valence-corrected chi connectivity index (χ2v) is 8.94. The molecule has 0 unspecified atom stereocenters. The molecule has 0 radical (unpaired) electrons. The van der Waals surface area contributed by atoms with Crippen LogP contribution < -0.4 is 10.2 Å². The van der Waals surface area contributed by atoms with Gasteiger partial charge in [0.1, 0.15) is 12.4 Å². The second-order valence-electron chi connectivity index (χ2n) is 5.77. The lowest BCUT2D eigenvalue weighted by Crippen LogP contribution is -2.17. The Morgan fingerprint density at radius 2 is 1.97 bits per heavy atom. The number of pyridine rings is 1. The van der Waals surface area contributed by atoms with E-state index in [2.05, 4.69) is 60.7 Å². The summed E-state index contributed by atoms with van der Waals surface area (Å²) in [6, 6.07) is 12.5. The standard InChI is InChI=1S/C20H13Cl2I2N3O2/c21-15-4-3-13(16(22)7-15)11-29-19-8-18(24)17(23)6-14(19)10-26-27-20(28)12-2-1-5-25-9-12/h1-10H,11H2,(H,27,28)/b26-10-. The molecule has 29 heavy (non-hydrogen) atoms. The predicted octanol–water partition coefficient (Wildman–Crippen LogP) is 5.94. The zero-order valence-corrected chi connectivity index (χ0v) is 20.5. The van der Waals surface area contributed by atoms with Crippen molar-refractivity contribution in [1.29, 1.82) is 0 Å². The second kappa shape index (κ2) is 10.6. The van der Waals surface area contributed by atoms with Crippen LogP contribution in [0.2, 0.25) is 10.0 Å². The third-order valence-corrected chi connectivity index (χ3v) is 7.15. The molecule has 0 saturated heterocycles. The van der Waals surface area contributed by atoms with E-state index in [4.69, 9.17) is 27.9 Å². The Labute approximate surface area is 205 Å². The smallest absolute Gasteiger partial charge is 0.272 e. The van der Waals surface area contributed by atoms with Crippen LogP contribution >= 0.6 is 68.4 Å². The third-order valence-electron chi connectivity index (χ3n) is 3.74. The number of hydrogen-bond acceptors (Lipinski definition) is 4. The van der Waals surface area contributed by atoms with E-state index in [-0.39, 0.29) is 12.5 Å². The van der Waals surface area contributed by atoms with Crippen LogP contribution in [0.1, 0.15) is 21.5 Å².